The zero-order valence-corrected chi connectivity index (χ0v) is 20.5. The smallest absolute Gasteiger partial charge is 0.318 e. The van der Waals surface area contributed by atoms with Crippen molar-refractivity contribution in [1.82, 2.24) is 14.5 Å². The van der Waals surface area contributed by atoms with Crippen molar-refractivity contribution in [2.45, 2.75) is 29.3 Å². The molecule has 2 unspecified atom stereocenters. The van der Waals surface area contributed by atoms with Gasteiger partial charge in [0.2, 0.25) is 10.0 Å². The van der Waals surface area contributed by atoms with Gasteiger partial charge in [0.05, 0.1) is 24.1 Å². The number of hydrogen-bond acceptors (Lipinski definition) is 4. The maximum atomic E-state index is 15.8. The average molecular weight is 510 g/mol. The fourth-order valence-corrected chi connectivity index (χ4v) is 6.72. The van der Waals surface area contributed by atoms with E-state index in [9.17, 15) is 13.2 Å². The third-order valence-corrected chi connectivity index (χ3v) is 8.77. The number of ether oxygens (including phenoxy) is 1. The van der Waals surface area contributed by atoms with Crippen LogP contribution in [0.1, 0.15) is 23.6 Å². The van der Waals surface area contributed by atoms with Crippen LogP contribution >= 0.6 is 0 Å². The maximum absolute atomic E-state index is 15.8. The van der Waals surface area contributed by atoms with Crippen LogP contribution in [0.2, 0.25) is 0 Å². The minimum Gasteiger partial charge on any atom is -0.355 e. The number of sulfonamides is 1. The average Bonchev–Trinajstić information content (AvgIpc) is 3.36. The van der Waals surface area contributed by atoms with E-state index in [1.165, 1.54) is 17.0 Å². The molecule has 1 N–H and O–H groups in total. The molecule has 2 atom stereocenters. The summed E-state index contributed by atoms with van der Waals surface area (Å²) in [5.74, 6) is 0. The van der Waals surface area contributed by atoms with Gasteiger partial charge in [-0.05, 0) is 23.3 Å². The first kappa shape index (κ1) is 24.4. The monoisotopic (exact) mass is 509 g/mol. The molecule has 188 valence electrons. The molecule has 2 aliphatic rings. The van der Waals surface area contributed by atoms with Crippen molar-refractivity contribution in [3.63, 3.8) is 0 Å². The maximum Gasteiger partial charge on any atom is 0.318 e. The highest BCUT2D eigenvalue weighted by Crippen LogP contribution is 2.40. The molecule has 9 heteroatoms. The van der Waals surface area contributed by atoms with E-state index >= 15 is 4.39 Å². The lowest BCUT2D eigenvalue weighted by Crippen LogP contribution is -2.63. The van der Waals surface area contributed by atoms with Crippen molar-refractivity contribution in [3.05, 3.63) is 102 Å². The van der Waals surface area contributed by atoms with Crippen LogP contribution in [-0.2, 0) is 14.8 Å². The third kappa shape index (κ3) is 4.50. The number of rotatable bonds is 5. The summed E-state index contributed by atoms with van der Waals surface area (Å²) in [6.45, 7) is 0.0446. The van der Waals surface area contributed by atoms with Gasteiger partial charge < -0.3 is 15.0 Å². The highest BCUT2D eigenvalue weighted by atomic mass is 32.2. The SMILES string of the molecule is O=C(NC(c1ccccc1)c1ccccc1)N1CCC2(OCCN2S(=O)(=O)c2ccccc2)C(F)C1. The lowest BCUT2D eigenvalue weighted by Gasteiger charge is -2.45. The normalized spacial score (nSPS) is 22.7. The number of nitrogens with zero attached hydrogens (tertiary/aromatic N) is 2. The predicted molar refractivity (Wildman–Crippen MR) is 133 cm³/mol. The van der Waals surface area contributed by atoms with E-state index in [0.29, 0.717) is 0 Å². The van der Waals surface area contributed by atoms with Gasteiger partial charge in [-0.2, -0.15) is 4.31 Å². The quantitative estimate of drug-likeness (QED) is 0.565. The second-order valence-electron chi connectivity index (χ2n) is 8.95. The van der Waals surface area contributed by atoms with Gasteiger partial charge in [-0.3, -0.25) is 0 Å². The summed E-state index contributed by atoms with van der Waals surface area (Å²) in [7, 11) is -3.96. The fraction of sp³-hybridized carbons (Fsp3) is 0.296. The lowest BCUT2D eigenvalue weighted by atomic mass is 9.97. The summed E-state index contributed by atoms with van der Waals surface area (Å²) in [5.41, 5.74) is 0.187. The number of benzene rings is 3. The van der Waals surface area contributed by atoms with Crippen molar-refractivity contribution < 1.29 is 22.3 Å². The molecule has 3 aromatic rings. The molecule has 5 rings (SSSR count). The number of carbonyl (C=O) groups is 1. The van der Waals surface area contributed by atoms with Gasteiger partial charge in [-0.25, -0.2) is 17.6 Å². The minimum atomic E-state index is -3.96. The molecular weight excluding hydrogens is 481 g/mol. The van der Waals surface area contributed by atoms with Crippen LogP contribution in [0.15, 0.2) is 95.9 Å². The largest absolute Gasteiger partial charge is 0.355 e. The van der Waals surface area contributed by atoms with Crippen LogP contribution in [0.5, 0.6) is 0 Å². The van der Waals surface area contributed by atoms with E-state index in [4.69, 9.17) is 4.74 Å². The van der Waals surface area contributed by atoms with E-state index in [-0.39, 0.29) is 37.6 Å². The molecule has 0 aromatic heterocycles. The lowest BCUT2D eigenvalue weighted by molar-refractivity contribution is -0.135. The molecule has 0 bridgehead atoms. The number of alkyl halides is 1. The minimum absolute atomic E-state index is 0.0367. The van der Waals surface area contributed by atoms with Crippen LogP contribution in [-0.4, -0.2) is 61.8 Å². The number of halogens is 1. The van der Waals surface area contributed by atoms with Crippen LogP contribution in [0.4, 0.5) is 9.18 Å². The van der Waals surface area contributed by atoms with Gasteiger partial charge in [-0.15, -0.1) is 0 Å². The Morgan fingerprint density at radius 2 is 1.47 bits per heavy atom. The number of hydrogen-bond donors (Lipinski definition) is 1. The van der Waals surface area contributed by atoms with E-state index in [1.54, 1.807) is 18.2 Å². The fourth-order valence-electron chi connectivity index (χ4n) is 4.98. The third-order valence-electron chi connectivity index (χ3n) is 6.83. The van der Waals surface area contributed by atoms with E-state index < -0.39 is 34.0 Å². The second-order valence-corrected chi connectivity index (χ2v) is 10.8. The summed E-state index contributed by atoms with van der Waals surface area (Å²) in [6.07, 6.45) is -1.67. The van der Waals surface area contributed by atoms with Crippen LogP contribution in [0.25, 0.3) is 0 Å². The Balaban J connectivity index is 1.34. The van der Waals surface area contributed by atoms with Gasteiger partial charge in [0, 0.05) is 19.5 Å². The first-order valence-electron chi connectivity index (χ1n) is 11.9. The Kier molecular flexibility index (Phi) is 6.79. The highest BCUT2D eigenvalue weighted by Gasteiger charge is 2.57. The molecule has 2 aliphatic heterocycles. The van der Waals surface area contributed by atoms with E-state index in [1.807, 2.05) is 60.7 Å². The van der Waals surface area contributed by atoms with Crippen LogP contribution in [0.3, 0.4) is 0 Å². The molecule has 2 saturated heterocycles. The van der Waals surface area contributed by atoms with Gasteiger partial charge >= 0.3 is 6.03 Å². The standard InChI is InChI=1S/C27H28FN3O4S/c28-24-20-30(26(32)29-25(21-10-4-1-5-11-21)22-12-6-2-7-13-22)17-16-27(24)31(18-19-35-27)36(33,34)23-14-8-3-9-15-23/h1-15,24-25H,16-20H2,(H,29,32). The van der Waals surface area contributed by atoms with Gasteiger partial charge in [0.25, 0.3) is 0 Å². The Morgan fingerprint density at radius 3 is 2.03 bits per heavy atom. The molecule has 1 spiro atoms. The Bertz CT molecular complexity index is 1250. The number of piperidine rings is 1. The van der Waals surface area contributed by atoms with Crippen molar-refractivity contribution in [3.8, 4) is 0 Å². The highest BCUT2D eigenvalue weighted by molar-refractivity contribution is 7.89. The van der Waals surface area contributed by atoms with Crippen molar-refractivity contribution >= 4 is 16.1 Å². The molecular formula is C27H28FN3O4S. The molecule has 2 amide bonds. The van der Waals surface area contributed by atoms with Crippen LogP contribution < -0.4 is 5.32 Å². The first-order chi connectivity index (χ1) is 17.4. The molecule has 36 heavy (non-hydrogen) atoms. The van der Waals surface area contributed by atoms with Crippen LogP contribution in [0, 0.1) is 0 Å². The number of amides is 2. The number of urea groups is 1. The summed E-state index contributed by atoms with van der Waals surface area (Å²) < 4.78 is 49.3. The molecule has 2 heterocycles. The Morgan fingerprint density at radius 1 is 0.917 bits per heavy atom. The summed E-state index contributed by atoms with van der Waals surface area (Å²) >= 11 is 0. The molecule has 2 fully saturated rings. The van der Waals surface area contributed by atoms with Gasteiger partial charge in [0.15, 0.2) is 11.9 Å². The zero-order valence-electron chi connectivity index (χ0n) is 19.7. The summed E-state index contributed by atoms with van der Waals surface area (Å²) in [6, 6.07) is 26.3. The van der Waals surface area contributed by atoms with Crippen molar-refractivity contribution in [2.75, 3.05) is 26.2 Å². The van der Waals surface area contributed by atoms with Gasteiger partial charge in [-0.1, -0.05) is 78.9 Å². The van der Waals surface area contributed by atoms with Crippen molar-refractivity contribution in [1.29, 1.82) is 0 Å². The zero-order chi connectivity index (χ0) is 25.2. The molecule has 0 aliphatic carbocycles. The summed E-state index contributed by atoms with van der Waals surface area (Å²) in [5, 5.41) is 3.03. The first-order valence-corrected chi connectivity index (χ1v) is 13.4. The molecule has 0 radical (unpaired) electrons. The molecule has 3 aromatic carbocycles. The number of nitrogens with one attached hydrogen (secondary N) is 1. The Labute approximate surface area is 210 Å². The number of likely N-dealkylation sites (tertiary alicyclic amines) is 1. The van der Waals surface area contributed by atoms with Crippen molar-refractivity contribution in [2.24, 2.45) is 0 Å². The Hall–Kier alpha value is -3.27. The second kappa shape index (κ2) is 10.0. The molecule has 7 nitrogen and oxygen atoms in total. The summed E-state index contributed by atoms with van der Waals surface area (Å²) in [4.78, 5) is 14.8. The number of carbonyl (C=O) groups excluding carboxylic acids is 1. The predicted octanol–water partition coefficient (Wildman–Crippen LogP) is 3.95. The van der Waals surface area contributed by atoms with Gasteiger partial charge in [0.1, 0.15) is 0 Å². The topological polar surface area (TPSA) is 79.0 Å². The molecule has 0 saturated carbocycles. The van der Waals surface area contributed by atoms with E-state index in [0.717, 1.165) is 15.4 Å². The van der Waals surface area contributed by atoms with E-state index in [2.05, 4.69) is 5.32 Å².